The minimum atomic E-state index is -0.558. The van der Waals surface area contributed by atoms with Crippen LogP contribution in [0.5, 0.6) is 0 Å². The largest absolute Gasteiger partial charge is 0.334 e. The van der Waals surface area contributed by atoms with E-state index < -0.39 is 11.6 Å². The van der Waals surface area contributed by atoms with Gasteiger partial charge in [-0.05, 0) is 41.2 Å². The number of aromatic nitrogens is 2. The third-order valence-electron chi connectivity index (χ3n) is 4.95. The van der Waals surface area contributed by atoms with E-state index in [9.17, 15) is 8.78 Å². The molecule has 0 N–H and O–H groups in total. The Hall–Kier alpha value is -3.27. The Balaban J connectivity index is 1.56. The van der Waals surface area contributed by atoms with Crippen LogP contribution in [0.3, 0.4) is 0 Å². The second-order valence-corrected chi connectivity index (χ2v) is 6.87. The fraction of sp³-hybridized carbons (Fsp3) is 0.125. The number of hydrogen-bond donors (Lipinski definition) is 0. The molecule has 3 aromatic carbocycles. The van der Waals surface area contributed by atoms with E-state index in [2.05, 4.69) is 41.4 Å². The average molecular weight is 374 g/mol. The summed E-state index contributed by atoms with van der Waals surface area (Å²) in [4.78, 5) is 4.13. The monoisotopic (exact) mass is 374 g/mol. The van der Waals surface area contributed by atoms with Crippen molar-refractivity contribution in [2.75, 3.05) is 0 Å². The zero-order valence-electron chi connectivity index (χ0n) is 15.3. The topological polar surface area (TPSA) is 17.8 Å². The molecule has 0 spiro atoms. The van der Waals surface area contributed by atoms with Gasteiger partial charge in [0.25, 0.3) is 0 Å². The van der Waals surface area contributed by atoms with Gasteiger partial charge in [-0.1, -0.05) is 60.7 Å². The van der Waals surface area contributed by atoms with Crippen molar-refractivity contribution in [1.29, 1.82) is 0 Å². The van der Waals surface area contributed by atoms with Crippen LogP contribution < -0.4 is 0 Å². The fourth-order valence-electron chi connectivity index (χ4n) is 3.45. The van der Waals surface area contributed by atoms with Gasteiger partial charge in [0, 0.05) is 24.5 Å². The van der Waals surface area contributed by atoms with E-state index in [1.165, 1.54) is 17.7 Å². The molecular weight excluding hydrogens is 354 g/mol. The molecule has 1 heterocycles. The lowest BCUT2D eigenvalue weighted by molar-refractivity contribution is 0.478. The van der Waals surface area contributed by atoms with E-state index in [1.54, 1.807) is 12.5 Å². The summed E-state index contributed by atoms with van der Waals surface area (Å²) in [6.45, 7) is 0. The molecule has 4 heteroatoms. The lowest BCUT2D eigenvalue weighted by Crippen LogP contribution is -2.14. The maximum atomic E-state index is 14.2. The van der Waals surface area contributed by atoms with Crippen LogP contribution in [0.2, 0.25) is 0 Å². The summed E-state index contributed by atoms with van der Waals surface area (Å²) in [7, 11) is 0. The Bertz CT molecular complexity index is 1030. The first-order chi connectivity index (χ1) is 13.7. The Morgan fingerprint density at radius 2 is 1.57 bits per heavy atom. The van der Waals surface area contributed by atoms with Gasteiger partial charge in [0.2, 0.25) is 0 Å². The van der Waals surface area contributed by atoms with Crippen LogP contribution in [0, 0.1) is 11.6 Å². The molecule has 0 saturated carbocycles. The molecule has 2 nitrogen and oxygen atoms in total. The smallest absolute Gasteiger partial charge is 0.129 e. The molecule has 0 saturated heterocycles. The molecule has 1 atom stereocenters. The van der Waals surface area contributed by atoms with Gasteiger partial charge in [-0.2, -0.15) is 0 Å². The van der Waals surface area contributed by atoms with Gasteiger partial charge in [-0.3, -0.25) is 0 Å². The molecule has 0 bridgehead atoms. The van der Waals surface area contributed by atoms with Crippen molar-refractivity contribution in [2.24, 2.45) is 0 Å². The van der Waals surface area contributed by atoms with Crippen molar-refractivity contribution in [3.8, 4) is 11.1 Å². The van der Waals surface area contributed by atoms with Crippen molar-refractivity contribution in [3.05, 3.63) is 114 Å². The molecule has 0 aliphatic heterocycles. The third kappa shape index (κ3) is 4.17. The van der Waals surface area contributed by atoms with Crippen LogP contribution in [0.25, 0.3) is 11.1 Å². The molecule has 0 radical (unpaired) electrons. The normalized spacial score (nSPS) is 12.1. The van der Waals surface area contributed by atoms with Crippen LogP contribution in [-0.4, -0.2) is 9.55 Å². The first kappa shape index (κ1) is 18.1. The van der Waals surface area contributed by atoms with Crippen LogP contribution >= 0.6 is 0 Å². The first-order valence-electron chi connectivity index (χ1n) is 9.25. The van der Waals surface area contributed by atoms with Crippen molar-refractivity contribution in [1.82, 2.24) is 9.55 Å². The summed E-state index contributed by atoms with van der Waals surface area (Å²) in [6, 6.07) is 22.4. The maximum Gasteiger partial charge on any atom is 0.129 e. The Morgan fingerprint density at radius 3 is 2.25 bits per heavy atom. The quantitative estimate of drug-likeness (QED) is 0.414. The molecule has 28 heavy (non-hydrogen) atoms. The molecule has 1 aromatic heterocycles. The average Bonchev–Trinajstić information content (AvgIpc) is 3.25. The van der Waals surface area contributed by atoms with Crippen molar-refractivity contribution in [3.63, 3.8) is 0 Å². The third-order valence-corrected chi connectivity index (χ3v) is 4.95. The van der Waals surface area contributed by atoms with Gasteiger partial charge >= 0.3 is 0 Å². The zero-order chi connectivity index (χ0) is 19.3. The van der Waals surface area contributed by atoms with Gasteiger partial charge in [0.15, 0.2) is 0 Å². The Labute approximate surface area is 163 Å². The summed E-state index contributed by atoms with van der Waals surface area (Å²) in [5.74, 6) is -1.07. The highest BCUT2D eigenvalue weighted by atomic mass is 19.1. The number of halogens is 2. The summed E-state index contributed by atoms with van der Waals surface area (Å²) in [5.41, 5.74) is 3.99. The number of imidazole rings is 1. The van der Waals surface area contributed by atoms with Gasteiger partial charge < -0.3 is 4.57 Å². The highest BCUT2D eigenvalue weighted by molar-refractivity contribution is 5.63. The van der Waals surface area contributed by atoms with Crippen molar-refractivity contribution >= 4 is 0 Å². The fourth-order valence-corrected chi connectivity index (χ4v) is 3.45. The lowest BCUT2D eigenvalue weighted by Gasteiger charge is -2.19. The number of benzene rings is 3. The number of nitrogens with zero attached hydrogens (tertiary/aromatic N) is 2. The SMILES string of the molecule is Fc1ccc(CC(Cc2ccc(-c3ccccc3)cc2)n2ccnc2)c(F)c1. The van der Waals surface area contributed by atoms with Gasteiger partial charge in [0.05, 0.1) is 6.33 Å². The van der Waals surface area contributed by atoms with Crippen LogP contribution in [0.4, 0.5) is 8.78 Å². The van der Waals surface area contributed by atoms with Gasteiger partial charge in [0.1, 0.15) is 11.6 Å². The molecule has 140 valence electrons. The van der Waals surface area contributed by atoms with Crippen molar-refractivity contribution < 1.29 is 8.78 Å². The number of rotatable bonds is 6. The molecule has 0 amide bonds. The highest BCUT2D eigenvalue weighted by Crippen LogP contribution is 2.24. The first-order valence-corrected chi connectivity index (χ1v) is 9.25. The van der Waals surface area contributed by atoms with E-state index in [0.717, 1.165) is 23.6 Å². The van der Waals surface area contributed by atoms with Gasteiger partial charge in [-0.15, -0.1) is 0 Å². The second kappa shape index (κ2) is 8.17. The molecular formula is C24H20F2N2. The summed E-state index contributed by atoms with van der Waals surface area (Å²) >= 11 is 0. The zero-order valence-corrected chi connectivity index (χ0v) is 15.3. The summed E-state index contributed by atoms with van der Waals surface area (Å²) in [6.07, 6.45) is 6.52. The Kier molecular flexibility index (Phi) is 5.29. The van der Waals surface area contributed by atoms with Crippen molar-refractivity contribution in [2.45, 2.75) is 18.9 Å². The Morgan fingerprint density at radius 1 is 0.821 bits per heavy atom. The van der Waals surface area contributed by atoms with Crippen LogP contribution in [0.1, 0.15) is 17.2 Å². The summed E-state index contributed by atoms with van der Waals surface area (Å²) < 4.78 is 29.4. The summed E-state index contributed by atoms with van der Waals surface area (Å²) in [5, 5.41) is 0. The van der Waals surface area contributed by atoms with E-state index in [-0.39, 0.29) is 6.04 Å². The predicted octanol–water partition coefficient (Wildman–Crippen LogP) is 5.85. The molecule has 4 aromatic rings. The van der Waals surface area contributed by atoms with E-state index in [1.807, 2.05) is 29.0 Å². The predicted molar refractivity (Wildman–Crippen MR) is 107 cm³/mol. The van der Waals surface area contributed by atoms with E-state index in [0.29, 0.717) is 12.0 Å². The minimum Gasteiger partial charge on any atom is -0.334 e. The maximum absolute atomic E-state index is 14.2. The molecule has 0 aliphatic rings. The molecule has 4 rings (SSSR count). The standard InChI is InChI=1S/C24H20F2N2/c25-22-11-10-21(24(26)16-22)15-23(28-13-12-27-17-28)14-18-6-8-20(9-7-18)19-4-2-1-3-5-19/h1-13,16-17,23H,14-15H2. The highest BCUT2D eigenvalue weighted by Gasteiger charge is 2.15. The minimum absolute atomic E-state index is 0.00923. The molecule has 0 fully saturated rings. The van der Waals surface area contributed by atoms with E-state index in [4.69, 9.17) is 0 Å². The molecule has 0 aliphatic carbocycles. The van der Waals surface area contributed by atoms with E-state index >= 15 is 0 Å². The lowest BCUT2D eigenvalue weighted by atomic mass is 9.96. The number of hydrogen-bond acceptors (Lipinski definition) is 1. The van der Waals surface area contributed by atoms with Crippen LogP contribution in [-0.2, 0) is 12.8 Å². The van der Waals surface area contributed by atoms with Gasteiger partial charge in [-0.25, -0.2) is 13.8 Å². The molecule has 1 unspecified atom stereocenters. The van der Waals surface area contributed by atoms with Crippen LogP contribution in [0.15, 0.2) is 91.5 Å². The second-order valence-electron chi connectivity index (χ2n) is 6.87.